The number of aromatic nitrogens is 2. The van der Waals surface area contributed by atoms with Crippen LogP contribution in [0.3, 0.4) is 0 Å². The number of fused-ring (bicyclic) bond motifs is 1. The Morgan fingerprint density at radius 2 is 1.86 bits per heavy atom. The molecule has 1 aliphatic carbocycles. The first-order valence-electron chi connectivity index (χ1n) is 7.10. The topological polar surface area (TPSA) is 59.2 Å². The minimum atomic E-state index is 0.166. The molecule has 21 heavy (non-hydrogen) atoms. The first-order chi connectivity index (χ1) is 10.0. The molecule has 4 nitrogen and oxygen atoms in total. The first kappa shape index (κ1) is 12.4. The maximum absolute atomic E-state index is 10.2. The lowest BCUT2D eigenvalue weighted by molar-refractivity contribution is 0.415. The van der Waals surface area contributed by atoms with Gasteiger partial charge in [-0.15, -0.1) is 0 Å². The lowest BCUT2D eigenvalue weighted by Gasteiger charge is -2.03. The molecule has 1 atom stereocenters. The zero-order valence-corrected chi connectivity index (χ0v) is 12.0. The molecule has 1 unspecified atom stereocenters. The van der Waals surface area contributed by atoms with Crippen LogP contribution in [0.5, 0.6) is 5.75 Å². The molecule has 0 amide bonds. The molecule has 106 valence electrons. The second-order valence-corrected chi connectivity index (χ2v) is 6.42. The van der Waals surface area contributed by atoms with Crippen LogP contribution >= 0.6 is 0 Å². The summed E-state index contributed by atoms with van der Waals surface area (Å²) in [4.78, 5) is 4.47. The first-order valence-corrected chi connectivity index (χ1v) is 7.10. The van der Waals surface area contributed by atoms with E-state index in [1.165, 1.54) is 0 Å². The Hall–Kier alpha value is -2.36. The summed E-state index contributed by atoms with van der Waals surface area (Å²) in [6, 6.07) is 11.5. The molecule has 1 aliphatic rings. The van der Waals surface area contributed by atoms with Crippen LogP contribution in [0.1, 0.15) is 32.0 Å². The Morgan fingerprint density at radius 1 is 1.19 bits per heavy atom. The van der Waals surface area contributed by atoms with Crippen LogP contribution in [0.2, 0.25) is 0 Å². The van der Waals surface area contributed by atoms with E-state index in [9.17, 15) is 5.11 Å². The standard InChI is InChI=1S/C17H16N2O2/c1-17(2)9-13(17)15-18-16(21-19-15)12-7-10-5-3-4-6-11(10)8-14(12)20/h3-8,13,20H,9H2,1-2H3. The molecular weight excluding hydrogens is 264 g/mol. The summed E-state index contributed by atoms with van der Waals surface area (Å²) in [5.41, 5.74) is 0.845. The van der Waals surface area contributed by atoms with Gasteiger partial charge >= 0.3 is 0 Å². The number of hydrogen-bond donors (Lipinski definition) is 1. The number of phenolic OH excluding ortho intramolecular Hbond substituents is 1. The van der Waals surface area contributed by atoms with Crippen molar-refractivity contribution >= 4 is 10.8 Å². The number of hydrogen-bond acceptors (Lipinski definition) is 4. The van der Waals surface area contributed by atoms with Crippen molar-refractivity contribution in [2.45, 2.75) is 26.2 Å². The highest BCUT2D eigenvalue weighted by Crippen LogP contribution is 2.57. The van der Waals surface area contributed by atoms with Gasteiger partial charge in [-0.2, -0.15) is 4.98 Å². The van der Waals surface area contributed by atoms with E-state index in [1.54, 1.807) is 6.07 Å². The summed E-state index contributed by atoms with van der Waals surface area (Å²) in [6.07, 6.45) is 1.08. The van der Waals surface area contributed by atoms with Crippen molar-refractivity contribution in [1.82, 2.24) is 10.1 Å². The molecule has 1 aromatic heterocycles. The van der Waals surface area contributed by atoms with Crippen molar-refractivity contribution in [1.29, 1.82) is 0 Å². The van der Waals surface area contributed by atoms with Crippen LogP contribution in [0.25, 0.3) is 22.2 Å². The fraction of sp³-hybridized carbons (Fsp3) is 0.294. The normalized spacial score (nSPS) is 19.8. The van der Waals surface area contributed by atoms with Gasteiger partial charge in [0.2, 0.25) is 0 Å². The van der Waals surface area contributed by atoms with Crippen LogP contribution in [-0.4, -0.2) is 15.2 Å². The van der Waals surface area contributed by atoms with Crippen molar-refractivity contribution in [2.24, 2.45) is 5.41 Å². The van der Waals surface area contributed by atoms with Crippen LogP contribution in [0, 0.1) is 5.41 Å². The zero-order chi connectivity index (χ0) is 14.6. The quantitative estimate of drug-likeness (QED) is 0.767. The predicted molar refractivity (Wildman–Crippen MR) is 80.0 cm³/mol. The van der Waals surface area contributed by atoms with Gasteiger partial charge in [0.25, 0.3) is 5.89 Å². The van der Waals surface area contributed by atoms with E-state index < -0.39 is 0 Å². The van der Waals surface area contributed by atoms with Crippen LogP contribution in [0.4, 0.5) is 0 Å². The van der Waals surface area contributed by atoms with Gasteiger partial charge in [-0.25, -0.2) is 0 Å². The molecule has 2 aromatic carbocycles. The highest BCUT2D eigenvalue weighted by molar-refractivity contribution is 5.89. The van der Waals surface area contributed by atoms with Gasteiger partial charge in [0.05, 0.1) is 5.56 Å². The van der Waals surface area contributed by atoms with Gasteiger partial charge in [-0.1, -0.05) is 43.3 Å². The number of nitrogens with zero attached hydrogens (tertiary/aromatic N) is 2. The van der Waals surface area contributed by atoms with Gasteiger partial charge in [0, 0.05) is 5.92 Å². The molecule has 0 saturated heterocycles. The van der Waals surface area contributed by atoms with Gasteiger partial charge in [-0.05, 0) is 34.7 Å². The fourth-order valence-corrected chi connectivity index (χ4v) is 2.79. The molecule has 1 heterocycles. The van der Waals surface area contributed by atoms with Gasteiger partial charge < -0.3 is 9.63 Å². The summed E-state index contributed by atoms with van der Waals surface area (Å²) in [6.45, 7) is 4.39. The molecule has 3 aromatic rings. The van der Waals surface area contributed by atoms with E-state index in [2.05, 4.69) is 24.0 Å². The number of aromatic hydroxyl groups is 1. The summed E-state index contributed by atoms with van der Waals surface area (Å²) in [7, 11) is 0. The lowest BCUT2D eigenvalue weighted by Crippen LogP contribution is -1.91. The van der Waals surface area contributed by atoms with Crippen LogP contribution < -0.4 is 0 Å². The van der Waals surface area contributed by atoms with E-state index in [-0.39, 0.29) is 11.2 Å². The largest absolute Gasteiger partial charge is 0.507 e. The lowest BCUT2D eigenvalue weighted by atomic mass is 10.1. The second-order valence-electron chi connectivity index (χ2n) is 6.42. The molecular formula is C17H16N2O2. The fourth-order valence-electron chi connectivity index (χ4n) is 2.79. The molecule has 0 bridgehead atoms. The summed E-state index contributed by atoms with van der Waals surface area (Å²) < 4.78 is 5.35. The molecule has 0 spiro atoms. The van der Waals surface area contributed by atoms with Gasteiger partial charge in [-0.3, -0.25) is 0 Å². The molecule has 1 saturated carbocycles. The Bertz CT molecular complexity index is 836. The Kier molecular flexibility index (Phi) is 2.40. The predicted octanol–water partition coefficient (Wildman–Crippen LogP) is 4.11. The Morgan fingerprint density at radius 3 is 2.52 bits per heavy atom. The summed E-state index contributed by atoms with van der Waals surface area (Å²) >= 11 is 0. The second kappa shape index (κ2) is 4.07. The zero-order valence-electron chi connectivity index (χ0n) is 12.0. The third-order valence-corrected chi connectivity index (χ3v) is 4.36. The van der Waals surface area contributed by atoms with Crippen molar-refractivity contribution in [3.8, 4) is 17.2 Å². The average Bonchev–Trinajstić information content (AvgIpc) is 2.87. The smallest absolute Gasteiger partial charge is 0.261 e. The van der Waals surface area contributed by atoms with E-state index in [0.717, 1.165) is 23.0 Å². The van der Waals surface area contributed by atoms with Crippen molar-refractivity contribution < 1.29 is 9.63 Å². The van der Waals surface area contributed by atoms with Crippen LogP contribution in [0.15, 0.2) is 40.9 Å². The van der Waals surface area contributed by atoms with Crippen molar-refractivity contribution in [3.05, 3.63) is 42.2 Å². The number of benzene rings is 2. The van der Waals surface area contributed by atoms with E-state index in [0.29, 0.717) is 17.4 Å². The SMILES string of the molecule is CC1(C)CC1c1noc(-c2cc3ccccc3cc2O)n1. The van der Waals surface area contributed by atoms with E-state index in [1.807, 2.05) is 30.3 Å². The van der Waals surface area contributed by atoms with Crippen molar-refractivity contribution in [2.75, 3.05) is 0 Å². The molecule has 4 heteroatoms. The Labute approximate surface area is 122 Å². The third-order valence-electron chi connectivity index (χ3n) is 4.36. The maximum Gasteiger partial charge on any atom is 0.261 e. The molecule has 1 N–H and O–H groups in total. The maximum atomic E-state index is 10.2. The highest BCUT2D eigenvalue weighted by Gasteiger charge is 2.49. The average molecular weight is 280 g/mol. The van der Waals surface area contributed by atoms with Gasteiger partial charge in [0.15, 0.2) is 5.82 Å². The van der Waals surface area contributed by atoms with E-state index >= 15 is 0 Å². The minimum Gasteiger partial charge on any atom is -0.507 e. The highest BCUT2D eigenvalue weighted by atomic mass is 16.5. The van der Waals surface area contributed by atoms with Gasteiger partial charge in [0.1, 0.15) is 5.75 Å². The number of rotatable bonds is 2. The minimum absolute atomic E-state index is 0.166. The molecule has 0 aliphatic heterocycles. The summed E-state index contributed by atoms with van der Waals surface area (Å²) in [5.74, 6) is 1.65. The van der Waals surface area contributed by atoms with E-state index in [4.69, 9.17) is 4.52 Å². The molecule has 0 radical (unpaired) electrons. The molecule has 1 fully saturated rings. The third kappa shape index (κ3) is 1.98. The van der Waals surface area contributed by atoms with Crippen molar-refractivity contribution in [3.63, 3.8) is 0 Å². The Balaban J connectivity index is 1.78. The number of phenols is 1. The monoisotopic (exact) mass is 280 g/mol. The molecule has 4 rings (SSSR count). The van der Waals surface area contributed by atoms with Crippen LogP contribution in [-0.2, 0) is 0 Å². The summed E-state index contributed by atoms with van der Waals surface area (Å²) in [5, 5.41) is 16.3.